The molecule has 8 heteroatoms. The van der Waals surface area contributed by atoms with Gasteiger partial charge in [0.05, 0.1) is 17.4 Å². The molecule has 7 nitrogen and oxygen atoms in total. The molecule has 104 valence electrons. The summed E-state index contributed by atoms with van der Waals surface area (Å²) in [7, 11) is 0. The second-order valence-corrected chi connectivity index (χ2v) is 4.69. The summed E-state index contributed by atoms with van der Waals surface area (Å²) < 4.78 is 1.43. The van der Waals surface area contributed by atoms with E-state index in [0.717, 1.165) is 10.9 Å². The van der Waals surface area contributed by atoms with Crippen molar-refractivity contribution in [3.63, 3.8) is 0 Å². The highest BCUT2D eigenvalue weighted by Crippen LogP contribution is 2.22. The normalized spacial score (nSPS) is 10.7. The van der Waals surface area contributed by atoms with Crippen LogP contribution in [0.1, 0.15) is 0 Å². The largest absolute Gasteiger partial charge is 0.383 e. The van der Waals surface area contributed by atoms with Crippen LogP contribution in [0.2, 0.25) is 0 Å². The zero-order chi connectivity index (χ0) is 15.0. The number of nitrogens with two attached hydrogens (primary N) is 1. The van der Waals surface area contributed by atoms with Gasteiger partial charge in [0.1, 0.15) is 5.82 Å². The lowest BCUT2D eigenvalue weighted by Gasteiger charge is -2.11. The molecular formula is C13H9N5O2S. The lowest BCUT2D eigenvalue weighted by atomic mass is 10.2. The summed E-state index contributed by atoms with van der Waals surface area (Å²) in [6.07, 6.45) is 1.56. The third kappa shape index (κ3) is 2.11. The SMILES string of the molecule is Nc1c(N=O)c(=O)[nH]c(=S)n1-c1cnc2ccccc2c1. The van der Waals surface area contributed by atoms with E-state index in [0.29, 0.717) is 5.69 Å². The average molecular weight is 299 g/mol. The van der Waals surface area contributed by atoms with Gasteiger partial charge in [-0.25, -0.2) is 0 Å². The molecule has 0 aliphatic rings. The second kappa shape index (κ2) is 4.91. The highest BCUT2D eigenvalue weighted by molar-refractivity contribution is 7.71. The number of H-pyrrole nitrogens is 1. The number of benzene rings is 1. The molecule has 3 N–H and O–H groups in total. The Morgan fingerprint density at radius 1 is 1.33 bits per heavy atom. The number of anilines is 1. The van der Waals surface area contributed by atoms with Crippen LogP contribution in [0.4, 0.5) is 11.5 Å². The maximum absolute atomic E-state index is 11.6. The number of para-hydroxylation sites is 1. The van der Waals surface area contributed by atoms with E-state index in [1.165, 1.54) is 4.57 Å². The molecule has 0 radical (unpaired) electrons. The first-order valence-corrected chi connectivity index (χ1v) is 6.36. The Kier molecular flexibility index (Phi) is 3.07. The molecular weight excluding hydrogens is 290 g/mol. The van der Waals surface area contributed by atoms with Gasteiger partial charge in [-0.05, 0) is 29.5 Å². The van der Waals surface area contributed by atoms with Crippen molar-refractivity contribution in [3.8, 4) is 5.69 Å². The Labute approximate surface area is 123 Å². The number of nitrogens with one attached hydrogen (secondary N) is 1. The molecule has 0 aliphatic carbocycles. The average Bonchev–Trinajstić information content (AvgIpc) is 2.47. The highest BCUT2D eigenvalue weighted by atomic mass is 32.1. The van der Waals surface area contributed by atoms with Gasteiger partial charge in [0.25, 0.3) is 5.56 Å². The van der Waals surface area contributed by atoms with Gasteiger partial charge >= 0.3 is 0 Å². The van der Waals surface area contributed by atoms with Gasteiger partial charge in [-0.2, -0.15) is 0 Å². The number of pyridine rings is 1. The number of nitrogen functional groups attached to an aromatic ring is 1. The second-order valence-electron chi connectivity index (χ2n) is 4.31. The highest BCUT2D eigenvalue weighted by Gasteiger charge is 2.13. The van der Waals surface area contributed by atoms with Gasteiger partial charge in [-0.15, -0.1) is 4.91 Å². The van der Waals surface area contributed by atoms with Gasteiger partial charge in [-0.3, -0.25) is 19.3 Å². The van der Waals surface area contributed by atoms with Crippen molar-refractivity contribution in [1.82, 2.24) is 14.5 Å². The van der Waals surface area contributed by atoms with Gasteiger partial charge < -0.3 is 5.73 Å². The van der Waals surface area contributed by atoms with Crippen molar-refractivity contribution in [2.45, 2.75) is 0 Å². The minimum Gasteiger partial charge on any atom is -0.383 e. The first-order valence-electron chi connectivity index (χ1n) is 5.95. The lowest BCUT2D eigenvalue weighted by molar-refractivity contribution is 0.944. The van der Waals surface area contributed by atoms with Crippen LogP contribution in [-0.4, -0.2) is 14.5 Å². The predicted molar refractivity (Wildman–Crippen MR) is 82.4 cm³/mol. The van der Waals surface area contributed by atoms with Crippen LogP contribution in [0.3, 0.4) is 0 Å². The molecule has 0 atom stereocenters. The van der Waals surface area contributed by atoms with Crippen LogP contribution in [0.5, 0.6) is 0 Å². The predicted octanol–water partition coefficient (Wildman–Crippen LogP) is 2.42. The van der Waals surface area contributed by atoms with Crippen LogP contribution < -0.4 is 11.3 Å². The Bertz CT molecular complexity index is 976. The van der Waals surface area contributed by atoms with Gasteiger partial charge in [0.15, 0.2) is 4.77 Å². The molecule has 0 fully saturated rings. The number of rotatable bonds is 2. The fraction of sp³-hybridized carbons (Fsp3) is 0. The molecule has 0 bridgehead atoms. The maximum atomic E-state index is 11.6. The zero-order valence-corrected chi connectivity index (χ0v) is 11.4. The first-order chi connectivity index (χ1) is 10.1. The van der Waals surface area contributed by atoms with Crippen LogP contribution >= 0.6 is 12.2 Å². The van der Waals surface area contributed by atoms with E-state index >= 15 is 0 Å². The van der Waals surface area contributed by atoms with E-state index in [2.05, 4.69) is 15.1 Å². The number of aromatic amines is 1. The molecule has 21 heavy (non-hydrogen) atoms. The quantitative estimate of drug-likeness (QED) is 0.558. The summed E-state index contributed by atoms with van der Waals surface area (Å²) >= 11 is 5.10. The number of hydrogen-bond acceptors (Lipinski definition) is 6. The molecule has 0 aliphatic heterocycles. The molecule has 0 saturated carbocycles. The lowest BCUT2D eigenvalue weighted by Crippen LogP contribution is -2.16. The molecule has 0 unspecified atom stereocenters. The first kappa shape index (κ1) is 13.1. The van der Waals surface area contributed by atoms with Crippen molar-refractivity contribution >= 4 is 34.6 Å². The Balaban J connectivity index is 2.35. The van der Waals surface area contributed by atoms with E-state index in [9.17, 15) is 9.70 Å². The number of aromatic nitrogens is 3. The van der Waals surface area contributed by atoms with Crippen LogP contribution in [-0.2, 0) is 0 Å². The van der Waals surface area contributed by atoms with Crippen molar-refractivity contribution in [1.29, 1.82) is 0 Å². The molecule has 2 heterocycles. The van der Waals surface area contributed by atoms with Crippen LogP contribution in [0.15, 0.2) is 46.5 Å². The third-order valence-corrected chi connectivity index (χ3v) is 3.33. The number of fused-ring (bicyclic) bond motifs is 1. The Morgan fingerprint density at radius 2 is 2.10 bits per heavy atom. The fourth-order valence-electron chi connectivity index (χ4n) is 2.07. The molecule has 0 amide bonds. The van der Waals surface area contributed by atoms with Crippen LogP contribution in [0.25, 0.3) is 16.6 Å². The number of hydrogen-bond donors (Lipinski definition) is 2. The Morgan fingerprint density at radius 3 is 2.86 bits per heavy atom. The summed E-state index contributed by atoms with van der Waals surface area (Å²) in [5, 5.41) is 3.53. The zero-order valence-electron chi connectivity index (χ0n) is 10.6. The monoisotopic (exact) mass is 299 g/mol. The molecule has 1 aromatic carbocycles. The van der Waals surface area contributed by atoms with Crippen molar-refractivity contribution in [2.24, 2.45) is 5.18 Å². The van der Waals surface area contributed by atoms with E-state index < -0.39 is 11.2 Å². The topological polar surface area (TPSA) is 106 Å². The minimum atomic E-state index is -0.711. The van der Waals surface area contributed by atoms with E-state index in [-0.39, 0.29) is 10.6 Å². The van der Waals surface area contributed by atoms with Gasteiger partial charge in [0, 0.05) is 5.39 Å². The standard InChI is InChI=1S/C13H9N5O2S/c14-11-10(17-20)12(19)16-13(21)18(11)8-5-7-3-1-2-4-9(7)15-6-8/h1-6H,14H2,(H,16,19,21). The summed E-state index contributed by atoms with van der Waals surface area (Å²) in [5.41, 5.74) is 6.06. The third-order valence-electron chi connectivity index (χ3n) is 3.05. The van der Waals surface area contributed by atoms with Crippen molar-refractivity contribution < 1.29 is 0 Å². The fourth-order valence-corrected chi connectivity index (χ4v) is 2.37. The van der Waals surface area contributed by atoms with Crippen molar-refractivity contribution in [3.05, 3.63) is 56.6 Å². The summed E-state index contributed by atoms with van der Waals surface area (Å²) in [5.74, 6) is -0.115. The summed E-state index contributed by atoms with van der Waals surface area (Å²) in [4.78, 5) is 29.0. The minimum absolute atomic E-state index is 0.0713. The van der Waals surface area contributed by atoms with Gasteiger partial charge in [-0.1, -0.05) is 18.2 Å². The molecule has 3 rings (SSSR count). The molecule has 2 aromatic heterocycles. The number of nitroso groups, excluding NO2 is 1. The van der Waals surface area contributed by atoms with E-state index in [1.807, 2.05) is 24.3 Å². The molecule has 3 aromatic rings. The van der Waals surface area contributed by atoms with Gasteiger partial charge in [0.2, 0.25) is 5.69 Å². The number of nitrogens with zero attached hydrogens (tertiary/aromatic N) is 3. The van der Waals surface area contributed by atoms with Crippen LogP contribution in [0, 0.1) is 9.68 Å². The Hall–Kier alpha value is -2.87. The van der Waals surface area contributed by atoms with E-state index in [1.54, 1.807) is 12.3 Å². The van der Waals surface area contributed by atoms with Crippen molar-refractivity contribution in [2.75, 3.05) is 5.73 Å². The smallest absolute Gasteiger partial charge is 0.283 e. The molecule has 0 saturated heterocycles. The summed E-state index contributed by atoms with van der Waals surface area (Å²) in [6, 6.07) is 9.32. The summed E-state index contributed by atoms with van der Waals surface area (Å²) in [6.45, 7) is 0. The molecule has 0 spiro atoms. The maximum Gasteiger partial charge on any atom is 0.283 e. The van der Waals surface area contributed by atoms with E-state index in [4.69, 9.17) is 18.0 Å².